The molecule has 0 heterocycles. The van der Waals surface area contributed by atoms with Gasteiger partial charge in [0.25, 0.3) is 0 Å². The monoisotopic (exact) mass is 354 g/mol. The first-order valence-corrected chi connectivity index (χ1v) is 10.6. The van der Waals surface area contributed by atoms with Gasteiger partial charge in [-0.2, -0.15) is 0 Å². The Labute approximate surface area is 158 Å². The maximum atomic E-state index is 10.6. The summed E-state index contributed by atoms with van der Waals surface area (Å²) in [5, 5.41) is 20.5. The van der Waals surface area contributed by atoms with Gasteiger partial charge in [-0.05, 0) is 79.5 Å². The van der Waals surface area contributed by atoms with Gasteiger partial charge in [-0.25, -0.2) is 0 Å². The average Bonchev–Trinajstić information content (AvgIpc) is 2.90. The number of phenolic OH excluding ortho intramolecular Hbond substituents is 1. The van der Waals surface area contributed by atoms with E-state index in [4.69, 9.17) is 0 Å². The molecule has 0 aliphatic heterocycles. The molecule has 0 bridgehead atoms. The van der Waals surface area contributed by atoms with E-state index in [-0.39, 0.29) is 16.9 Å². The molecule has 4 rings (SSSR count). The molecule has 3 atom stereocenters. The summed E-state index contributed by atoms with van der Waals surface area (Å²) in [7, 11) is 0. The van der Waals surface area contributed by atoms with Gasteiger partial charge in [0, 0.05) is 5.41 Å². The van der Waals surface area contributed by atoms with E-state index in [1.54, 1.807) is 11.1 Å². The van der Waals surface area contributed by atoms with Gasteiger partial charge in [0.15, 0.2) is 0 Å². The van der Waals surface area contributed by atoms with Crippen LogP contribution >= 0.6 is 0 Å². The van der Waals surface area contributed by atoms with Gasteiger partial charge in [0.1, 0.15) is 5.75 Å². The van der Waals surface area contributed by atoms with Crippen LogP contribution in [0.15, 0.2) is 29.3 Å². The maximum absolute atomic E-state index is 10.6. The zero-order valence-electron chi connectivity index (χ0n) is 16.6. The van der Waals surface area contributed by atoms with E-state index >= 15 is 0 Å². The highest BCUT2D eigenvalue weighted by Gasteiger charge is 2.51. The van der Waals surface area contributed by atoms with Crippen LogP contribution < -0.4 is 0 Å². The molecule has 1 saturated carbocycles. The molecule has 0 spiro atoms. The molecule has 26 heavy (non-hydrogen) atoms. The minimum atomic E-state index is -0.153. The van der Waals surface area contributed by atoms with Crippen LogP contribution in [0.3, 0.4) is 0 Å². The van der Waals surface area contributed by atoms with Crippen LogP contribution in [-0.2, 0) is 11.8 Å². The topological polar surface area (TPSA) is 40.5 Å². The third-order valence-electron chi connectivity index (χ3n) is 7.60. The molecule has 3 aliphatic carbocycles. The van der Waals surface area contributed by atoms with Crippen LogP contribution in [0.25, 0.3) is 0 Å². The Bertz CT molecular complexity index is 732. The number of aryl methyl sites for hydroxylation is 1. The van der Waals surface area contributed by atoms with Crippen molar-refractivity contribution in [2.75, 3.05) is 0 Å². The van der Waals surface area contributed by atoms with Gasteiger partial charge < -0.3 is 10.2 Å². The number of hydrogen-bond donors (Lipinski definition) is 2. The number of hydrogen-bond acceptors (Lipinski definition) is 2. The number of rotatable bonds is 4. The van der Waals surface area contributed by atoms with Crippen molar-refractivity contribution in [3.63, 3.8) is 0 Å². The van der Waals surface area contributed by atoms with E-state index in [1.165, 1.54) is 43.2 Å². The molecule has 0 aromatic heterocycles. The molecule has 1 fully saturated rings. The van der Waals surface area contributed by atoms with Crippen LogP contribution in [0.1, 0.15) is 83.3 Å². The standard InChI is InChI=1S/C24H34O2/c1-16(2)5-4-10-24-12-11-23(3)20-9-7-18(25)13-17(20)6-8-21(23)22(24)14-19(26)15-24/h7,9,13,16,19,25-26H,4-6,8,10-12,14-15H2,1-3H3/t19-,23+,24+/m0/s1. The second kappa shape index (κ2) is 6.41. The van der Waals surface area contributed by atoms with Gasteiger partial charge in [-0.15, -0.1) is 0 Å². The van der Waals surface area contributed by atoms with Crippen LogP contribution in [0.2, 0.25) is 0 Å². The second-order valence-electron chi connectivity index (χ2n) is 9.76. The van der Waals surface area contributed by atoms with Crippen molar-refractivity contribution in [3.8, 4) is 5.75 Å². The lowest BCUT2D eigenvalue weighted by molar-refractivity contribution is 0.142. The second-order valence-corrected chi connectivity index (χ2v) is 9.76. The molecular weight excluding hydrogens is 320 g/mol. The molecule has 0 radical (unpaired) electrons. The van der Waals surface area contributed by atoms with E-state index in [0.717, 1.165) is 31.6 Å². The van der Waals surface area contributed by atoms with Crippen molar-refractivity contribution >= 4 is 0 Å². The first kappa shape index (κ1) is 18.1. The zero-order chi connectivity index (χ0) is 18.5. The van der Waals surface area contributed by atoms with Crippen molar-refractivity contribution in [1.82, 2.24) is 0 Å². The number of aliphatic hydroxyl groups is 1. The van der Waals surface area contributed by atoms with Crippen LogP contribution in [0.5, 0.6) is 5.75 Å². The average molecular weight is 355 g/mol. The highest BCUT2D eigenvalue weighted by molar-refractivity contribution is 5.52. The van der Waals surface area contributed by atoms with Crippen LogP contribution in [0, 0.1) is 11.3 Å². The summed E-state index contributed by atoms with van der Waals surface area (Å²) >= 11 is 0. The Morgan fingerprint density at radius 2 is 1.96 bits per heavy atom. The van der Waals surface area contributed by atoms with Crippen molar-refractivity contribution < 1.29 is 10.2 Å². The zero-order valence-corrected chi connectivity index (χ0v) is 16.6. The molecule has 1 aromatic carbocycles. The fraction of sp³-hybridized carbons (Fsp3) is 0.667. The number of aromatic hydroxyl groups is 1. The molecular formula is C24H34O2. The number of aliphatic hydroxyl groups excluding tert-OH is 1. The highest BCUT2D eigenvalue weighted by Crippen LogP contribution is 2.61. The van der Waals surface area contributed by atoms with E-state index in [0.29, 0.717) is 5.75 Å². The van der Waals surface area contributed by atoms with Crippen LogP contribution in [0.4, 0.5) is 0 Å². The lowest BCUT2D eigenvalue weighted by Gasteiger charge is -2.49. The number of fused-ring (bicyclic) bond motifs is 4. The van der Waals surface area contributed by atoms with Gasteiger partial charge >= 0.3 is 0 Å². The van der Waals surface area contributed by atoms with E-state index < -0.39 is 0 Å². The minimum Gasteiger partial charge on any atom is -0.508 e. The fourth-order valence-electron chi connectivity index (χ4n) is 6.30. The first-order valence-electron chi connectivity index (χ1n) is 10.6. The van der Waals surface area contributed by atoms with E-state index in [2.05, 4.69) is 26.8 Å². The molecule has 2 nitrogen and oxygen atoms in total. The lowest BCUT2D eigenvalue weighted by atomic mass is 9.55. The smallest absolute Gasteiger partial charge is 0.115 e. The number of allylic oxidation sites excluding steroid dienone is 1. The molecule has 3 aliphatic rings. The summed E-state index contributed by atoms with van der Waals surface area (Å²) in [5.41, 5.74) is 6.34. The summed E-state index contributed by atoms with van der Waals surface area (Å²) < 4.78 is 0. The van der Waals surface area contributed by atoms with Crippen molar-refractivity contribution in [2.45, 2.75) is 90.1 Å². The van der Waals surface area contributed by atoms with Crippen molar-refractivity contribution in [1.29, 1.82) is 0 Å². The summed E-state index contributed by atoms with van der Waals surface area (Å²) in [6, 6.07) is 5.98. The minimum absolute atomic E-state index is 0.0994. The largest absolute Gasteiger partial charge is 0.508 e. The molecule has 142 valence electrons. The lowest BCUT2D eigenvalue weighted by Crippen LogP contribution is -2.39. The summed E-state index contributed by atoms with van der Waals surface area (Å²) in [6.45, 7) is 7.03. The van der Waals surface area contributed by atoms with Crippen LogP contribution in [-0.4, -0.2) is 16.3 Å². The quantitative estimate of drug-likeness (QED) is 0.686. The fourth-order valence-corrected chi connectivity index (χ4v) is 6.30. The van der Waals surface area contributed by atoms with Gasteiger partial charge in [-0.1, -0.05) is 50.8 Å². The summed E-state index contributed by atoms with van der Waals surface area (Å²) in [4.78, 5) is 0. The number of phenols is 1. The SMILES string of the molecule is CC(C)CCC[C@]12CC[C@@]3(C)C(=C1C[C@H](O)C2)CCc1cc(O)ccc13. The van der Waals surface area contributed by atoms with Crippen molar-refractivity contribution in [3.05, 3.63) is 40.5 Å². The Balaban J connectivity index is 1.73. The third-order valence-corrected chi connectivity index (χ3v) is 7.60. The Kier molecular flexibility index (Phi) is 4.46. The highest BCUT2D eigenvalue weighted by atomic mass is 16.3. The molecule has 0 unspecified atom stereocenters. The normalized spacial score (nSPS) is 33.2. The molecule has 2 heteroatoms. The molecule has 0 saturated heterocycles. The van der Waals surface area contributed by atoms with E-state index in [9.17, 15) is 10.2 Å². The molecule has 1 aromatic rings. The van der Waals surface area contributed by atoms with Gasteiger partial charge in [-0.3, -0.25) is 0 Å². The number of benzene rings is 1. The predicted molar refractivity (Wildman–Crippen MR) is 106 cm³/mol. The van der Waals surface area contributed by atoms with Crippen molar-refractivity contribution in [2.24, 2.45) is 11.3 Å². The summed E-state index contributed by atoms with van der Waals surface area (Å²) in [5.74, 6) is 1.15. The molecule has 2 N–H and O–H groups in total. The summed E-state index contributed by atoms with van der Waals surface area (Å²) in [6.07, 6.45) is 10.0. The Morgan fingerprint density at radius 1 is 1.15 bits per heavy atom. The van der Waals surface area contributed by atoms with E-state index in [1.807, 2.05) is 12.1 Å². The molecule has 0 amide bonds. The van der Waals surface area contributed by atoms with Gasteiger partial charge in [0.05, 0.1) is 6.10 Å². The Morgan fingerprint density at radius 3 is 2.73 bits per heavy atom. The maximum Gasteiger partial charge on any atom is 0.115 e. The van der Waals surface area contributed by atoms with Gasteiger partial charge in [0.2, 0.25) is 0 Å². The predicted octanol–water partition coefficient (Wildman–Crippen LogP) is 5.65. The Hall–Kier alpha value is -1.28. The third kappa shape index (κ3) is 2.81. The first-order chi connectivity index (χ1) is 12.3.